The van der Waals surface area contributed by atoms with E-state index in [9.17, 15) is 9.59 Å². The zero-order valence-corrected chi connectivity index (χ0v) is 16.8. The number of aromatic nitrogens is 2. The molecule has 0 saturated heterocycles. The summed E-state index contributed by atoms with van der Waals surface area (Å²) in [6.07, 6.45) is 0. The summed E-state index contributed by atoms with van der Waals surface area (Å²) < 4.78 is 0. The molecule has 0 aliphatic rings. The van der Waals surface area contributed by atoms with Crippen molar-refractivity contribution in [2.24, 2.45) is 0 Å². The van der Waals surface area contributed by atoms with Gasteiger partial charge in [0.15, 0.2) is 5.78 Å². The summed E-state index contributed by atoms with van der Waals surface area (Å²) in [5.41, 5.74) is 3.49. The van der Waals surface area contributed by atoms with Crippen LogP contribution in [0.1, 0.15) is 46.0 Å². The van der Waals surface area contributed by atoms with Crippen molar-refractivity contribution in [2.75, 3.05) is 11.9 Å². The maximum absolute atomic E-state index is 13.0. The zero-order valence-electron chi connectivity index (χ0n) is 16.8. The fourth-order valence-corrected chi connectivity index (χ4v) is 2.94. The number of anilines is 2. The van der Waals surface area contributed by atoms with E-state index in [-0.39, 0.29) is 11.7 Å². The van der Waals surface area contributed by atoms with Gasteiger partial charge in [-0.2, -0.15) is 0 Å². The Bertz CT molecular complexity index is 1000. The quantitative estimate of drug-likeness (QED) is 0.608. The van der Waals surface area contributed by atoms with Crippen molar-refractivity contribution in [1.29, 1.82) is 0 Å². The first-order chi connectivity index (χ1) is 14.0. The number of amides is 1. The normalized spacial score (nSPS) is 10.4. The van der Waals surface area contributed by atoms with Gasteiger partial charge in [0, 0.05) is 30.0 Å². The van der Waals surface area contributed by atoms with E-state index in [1.165, 1.54) is 6.92 Å². The van der Waals surface area contributed by atoms with Crippen LogP contribution in [0.2, 0.25) is 0 Å². The van der Waals surface area contributed by atoms with Crippen molar-refractivity contribution in [1.82, 2.24) is 14.9 Å². The van der Waals surface area contributed by atoms with E-state index < -0.39 is 0 Å². The fourth-order valence-electron chi connectivity index (χ4n) is 2.94. The van der Waals surface area contributed by atoms with Gasteiger partial charge in [0.2, 0.25) is 5.95 Å². The van der Waals surface area contributed by atoms with Crippen LogP contribution >= 0.6 is 0 Å². The van der Waals surface area contributed by atoms with Gasteiger partial charge in [-0.05, 0) is 56.7 Å². The number of hydrogen-bond acceptors (Lipinski definition) is 5. The van der Waals surface area contributed by atoms with E-state index in [1.807, 2.05) is 44.2 Å². The minimum absolute atomic E-state index is 0.00862. The molecule has 1 N–H and O–H groups in total. The Labute approximate surface area is 170 Å². The number of nitrogens with zero attached hydrogens (tertiary/aromatic N) is 3. The van der Waals surface area contributed by atoms with Crippen LogP contribution in [-0.2, 0) is 6.54 Å². The fraction of sp³-hybridized carbons (Fsp3) is 0.217. The molecule has 0 saturated carbocycles. The number of benzene rings is 2. The Hall–Kier alpha value is -3.54. The molecule has 0 bridgehead atoms. The number of aryl methyl sites for hydroxylation is 1. The SMILES string of the molecule is CCN(Cc1ccccc1)C(=O)c1cc(C)nc(Nc2ccc(C(C)=O)cc2)n1. The highest BCUT2D eigenvalue weighted by molar-refractivity contribution is 5.94. The first-order valence-electron chi connectivity index (χ1n) is 9.53. The number of carbonyl (C=O) groups excluding carboxylic acids is 2. The molecule has 0 spiro atoms. The molecule has 6 nitrogen and oxygen atoms in total. The molecule has 0 atom stereocenters. The number of rotatable bonds is 7. The predicted octanol–water partition coefficient (Wildman–Crippen LogP) is 4.39. The van der Waals surface area contributed by atoms with E-state index in [2.05, 4.69) is 15.3 Å². The monoisotopic (exact) mass is 388 g/mol. The molecule has 1 heterocycles. The molecule has 6 heteroatoms. The van der Waals surface area contributed by atoms with Gasteiger partial charge in [-0.25, -0.2) is 9.97 Å². The van der Waals surface area contributed by atoms with E-state index in [0.717, 1.165) is 11.3 Å². The van der Waals surface area contributed by atoms with E-state index in [4.69, 9.17) is 0 Å². The molecule has 1 aromatic heterocycles. The van der Waals surface area contributed by atoms with Crippen LogP contribution in [0.25, 0.3) is 0 Å². The topological polar surface area (TPSA) is 75.2 Å². The van der Waals surface area contributed by atoms with Crippen LogP contribution in [0.3, 0.4) is 0 Å². The van der Waals surface area contributed by atoms with Crippen LogP contribution in [0, 0.1) is 6.92 Å². The van der Waals surface area contributed by atoms with Crippen molar-refractivity contribution in [3.05, 3.63) is 83.2 Å². The Balaban J connectivity index is 1.80. The number of nitrogens with one attached hydrogen (secondary N) is 1. The molecular weight excluding hydrogens is 364 g/mol. The highest BCUT2D eigenvalue weighted by Gasteiger charge is 2.18. The van der Waals surface area contributed by atoms with E-state index in [0.29, 0.717) is 36.0 Å². The lowest BCUT2D eigenvalue weighted by Crippen LogP contribution is -2.31. The Morgan fingerprint density at radius 2 is 1.69 bits per heavy atom. The Morgan fingerprint density at radius 3 is 2.31 bits per heavy atom. The molecule has 3 rings (SSSR count). The summed E-state index contributed by atoms with van der Waals surface area (Å²) in [6, 6.07) is 18.6. The number of carbonyl (C=O) groups is 2. The van der Waals surface area contributed by atoms with Gasteiger partial charge in [-0.15, -0.1) is 0 Å². The van der Waals surface area contributed by atoms with Gasteiger partial charge in [0.1, 0.15) is 5.69 Å². The molecule has 0 unspecified atom stereocenters. The van der Waals surface area contributed by atoms with Crippen LogP contribution < -0.4 is 5.32 Å². The summed E-state index contributed by atoms with van der Waals surface area (Å²) in [5, 5.41) is 3.11. The van der Waals surface area contributed by atoms with Crippen LogP contribution in [0.5, 0.6) is 0 Å². The smallest absolute Gasteiger partial charge is 0.272 e. The van der Waals surface area contributed by atoms with Crippen molar-refractivity contribution >= 4 is 23.3 Å². The lowest BCUT2D eigenvalue weighted by atomic mass is 10.1. The highest BCUT2D eigenvalue weighted by atomic mass is 16.2. The van der Waals surface area contributed by atoms with Crippen molar-refractivity contribution < 1.29 is 9.59 Å². The van der Waals surface area contributed by atoms with E-state index >= 15 is 0 Å². The predicted molar refractivity (Wildman–Crippen MR) is 113 cm³/mol. The van der Waals surface area contributed by atoms with Gasteiger partial charge in [0.25, 0.3) is 5.91 Å². The summed E-state index contributed by atoms with van der Waals surface area (Å²) >= 11 is 0. The molecular formula is C23H24N4O2. The van der Waals surface area contributed by atoms with Crippen LogP contribution in [-0.4, -0.2) is 33.1 Å². The lowest BCUT2D eigenvalue weighted by molar-refractivity contribution is 0.0746. The van der Waals surface area contributed by atoms with Gasteiger partial charge in [-0.1, -0.05) is 30.3 Å². The van der Waals surface area contributed by atoms with Crippen molar-refractivity contribution in [3.63, 3.8) is 0 Å². The third-order valence-corrected chi connectivity index (χ3v) is 4.51. The largest absolute Gasteiger partial charge is 0.333 e. The first-order valence-corrected chi connectivity index (χ1v) is 9.53. The molecule has 0 fully saturated rings. The van der Waals surface area contributed by atoms with Crippen molar-refractivity contribution in [3.8, 4) is 0 Å². The van der Waals surface area contributed by atoms with E-state index in [1.54, 1.807) is 35.2 Å². The maximum Gasteiger partial charge on any atom is 0.272 e. The number of ketones is 1. The van der Waals surface area contributed by atoms with Gasteiger partial charge < -0.3 is 10.2 Å². The highest BCUT2D eigenvalue weighted by Crippen LogP contribution is 2.17. The lowest BCUT2D eigenvalue weighted by Gasteiger charge is -2.21. The third kappa shape index (κ3) is 5.25. The maximum atomic E-state index is 13.0. The number of Topliss-reactive ketones (excluding diaryl/α,β-unsaturated/α-hetero) is 1. The van der Waals surface area contributed by atoms with Crippen molar-refractivity contribution in [2.45, 2.75) is 27.3 Å². The average molecular weight is 388 g/mol. The summed E-state index contributed by atoms with van der Waals surface area (Å²) in [7, 11) is 0. The number of hydrogen-bond donors (Lipinski definition) is 1. The second-order valence-corrected chi connectivity index (χ2v) is 6.78. The average Bonchev–Trinajstić information content (AvgIpc) is 2.72. The molecule has 0 aliphatic carbocycles. The summed E-state index contributed by atoms with van der Waals surface area (Å²) in [5.74, 6) is 0.214. The molecule has 0 aliphatic heterocycles. The second-order valence-electron chi connectivity index (χ2n) is 6.78. The zero-order chi connectivity index (χ0) is 20.8. The summed E-state index contributed by atoms with van der Waals surface area (Å²) in [4.78, 5) is 35.0. The molecule has 148 valence electrons. The molecule has 1 amide bonds. The molecule has 0 radical (unpaired) electrons. The van der Waals surface area contributed by atoms with Gasteiger partial charge >= 0.3 is 0 Å². The minimum Gasteiger partial charge on any atom is -0.333 e. The van der Waals surface area contributed by atoms with Gasteiger partial charge in [-0.3, -0.25) is 9.59 Å². The third-order valence-electron chi connectivity index (χ3n) is 4.51. The molecule has 29 heavy (non-hydrogen) atoms. The summed E-state index contributed by atoms with van der Waals surface area (Å²) in [6.45, 7) is 6.40. The Morgan fingerprint density at radius 1 is 1.00 bits per heavy atom. The molecule has 2 aromatic carbocycles. The Kier molecular flexibility index (Phi) is 6.34. The minimum atomic E-state index is -0.142. The van der Waals surface area contributed by atoms with Crippen LogP contribution in [0.4, 0.5) is 11.6 Å². The van der Waals surface area contributed by atoms with Gasteiger partial charge in [0.05, 0.1) is 0 Å². The molecule has 3 aromatic rings. The second kappa shape index (κ2) is 9.10. The first kappa shape index (κ1) is 20.2. The van der Waals surface area contributed by atoms with Crippen LogP contribution in [0.15, 0.2) is 60.7 Å². The standard InChI is InChI=1S/C23H24N4O2/c1-4-27(15-18-8-6-5-7-9-18)22(29)21-14-16(2)24-23(26-21)25-20-12-10-19(11-13-20)17(3)28/h5-14H,4,15H2,1-3H3,(H,24,25,26).